The predicted octanol–water partition coefficient (Wildman–Crippen LogP) is 2.53. The molecule has 18 heavy (non-hydrogen) atoms. The number of hydrogen-bond donors (Lipinski definition) is 1. The first-order valence-electron chi connectivity index (χ1n) is 7.19. The van der Waals surface area contributed by atoms with Crippen molar-refractivity contribution >= 4 is 6.09 Å². The Balaban J connectivity index is 1.93. The van der Waals surface area contributed by atoms with Crippen molar-refractivity contribution in [2.45, 2.75) is 70.6 Å². The highest BCUT2D eigenvalue weighted by molar-refractivity contribution is 5.68. The maximum atomic E-state index is 12.3. The number of nitrogens with one attached hydrogen (secondary N) is 1. The molecule has 4 heteroatoms. The monoisotopic (exact) mass is 254 g/mol. The highest BCUT2D eigenvalue weighted by Gasteiger charge is 2.33. The summed E-state index contributed by atoms with van der Waals surface area (Å²) in [6.07, 6.45) is 5.75. The normalized spacial score (nSPS) is 24.7. The van der Waals surface area contributed by atoms with Crippen LogP contribution in [0.4, 0.5) is 4.79 Å². The van der Waals surface area contributed by atoms with Gasteiger partial charge in [0.2, 0.25) is 0 Å². The molecular formula is C14H26N2O2. The number of amides is 1. The molecule has 2 aliphatic rings. The molecular weight excluding hydrogens is 228 g/mol. The molecule has 1 aliphatic heterocycles. The smallest absolute Gasteiger partial charge is 0.410 e. The Bertz CT molecular complexity index is 289. The summed E-state index contributed by atoms with van der Waals surface area (Å²) in [5.74, 6) is 0. The van der Waals surface area contributed by atoms with Gasteiger partial charge in [0, 0.05) is 18.6 Å². The molecule has 1 saturated carbocycles. The van der Waals surface area contributed by atoms with Crippen molar-refractivity contribution < 1.29 is 9.53 Å². The van der Waals surface area contributed by atoms with Crippen molar-refractivity contribution in [1.29, 1.82) is 0 Å². The third-order valence-corrected chi connectivity index (χ3v) is 3.72. The first-order chi connectivity index (χ1) is 8.46. The molecule has 0 aromatic rings. The van der Waals surface area contributed by atoms with Gasteiger partial charge in [-0.1, -0.05) is 0 Å². The van der Waals surface area contributed by atoms with Crippen LogP contribution < -0.4 is 5.32 Å². The summed E-state index contributed by atoms with van der Waals surface area (Å²) in [6.45, 7) is 7.67. The van der Waals surface area contributed by atoms with Crippen LogP contribution in [-0.2, 0) is 4.74 Å². The lowest BCUT2D eigenvalue weighted by Crippen LogP contribution is -2.50. The van der Waals surface area contributed by atoms with Gasteiger partial charge in [0.05, 0.1) is 0 Å². The van der Waals surface area contributed by atoms with Gasteiger partial charge in [-0.3, -0.25) is 0 Å². The van der Waals surface area contributed by atoms with Gasteiger partial charge in [0.25, 0.3) is 0 Å². The van der Waals surface area contributed by atoms with Crippen molar-refractivity contribution in [3.05, 3.63) is 0 Å². The van der Waals surface area contributed by atoms with Gasteiger partial charge in [-0.15, -0.1) is 0 Å². The van der Waals surface area contributed by atoms with Crippen LogP contribution in [0.25, 0.3) is 0 Å². The van der Waals surface area contributed by atoms with Crippen molar-refractivity contribution in [2.75, 3.05) is 13.1 Å². The molecule has 2 rings (SSSR count). The quantitative estimate of drug-likeness (QED) is 0.841. The number of carbonyl (C=O) groups is 1. The topological polar surface area (TPSA) is 41.6 Å². The van der Waals surface area contributed by atoms with E-state index < -0.39 is 5.60 Å². The van der Waals surface area contributed by atoms with Crippen LogP contribution in [0, 0.1) is 0 Å². The van der Waals surface area contributed by atoms with E-state index >= 15 is 0 Å². The van der Waals surface area contributed by atoms with Gasteiger partial charge < -0.3 is 15.0 Å². The summed E-state index contributed by atoms with van der Waals surface area (Å²) in [7, 11) is 0. The Kier molecular flexibility index (Phi) is 4.15. The van der Waals surface area contributed by atoms with Crippen molar-refractivity contribution in [2.24, 2.45) is 0 Å². The average Bonchev–Trinajstić information content (AvgIpc) is 2.63. The maximum Gasteiger partial charge on any atom is 0.410 e. The zero-order valence-corrected chi connectivity index (χ0v) is 11.9. The van der Waals surface area contributed by atoms with Gasteiger partial charge in [0.15, 0.2) is 0 Å². The van der Waals surface area contributed by atoms with Gasteiger partial charge in [0.1, 0.15) is 5.60 Å². The fraction of sp³-hybridized carbons (Fsp3) is 0.929. The molecule has 0 bridgehead atoms. The SMILES string of the molecule is CC(C)(C)OC(=O)N(CC1CCCN1)C1CCC1. The fourth-order valence-electron chi connectivity index (χ4n) is 2.54. The van der Waals surface area contributed by atoms with Crippen LogP contribution in [0.2, 0.25) is 0 Å². The lowest BCUT2D eigenvalue weighted by molar-refractivity contribution is 0.00504. The number of ether oxygens (including phenoxy) is 1. The fourth-order valence-corrected chi connectivity index (χ4v) is 2.54. The van der Waals surface area contributed by atoms with Gasteiger partial charge >= 0.3 is 6.09 Å². The molecule has 0 aromatic heterocycles. The second-order valence-corrected chi connectivity index (χ2v) is 6.51. The number of hydrogen-bond acceptors (Lipinski definition) is 3. The van der Waals surface area contributed by atoms with Crippen molar-refractivity contribution in [1.82, 2.24) is 10.2 Å². The Labute approximate surface area is 110 Å². The van der Waals surface area contributed by atoms with E-state index in [0.717, 1.165) is 25.9 Å². The van der Waals surface area contributed by atoms with Crippen LogP contribution in [-0.4, -0.2) is 41.8 Å². The molecule has 0 radical (unpaired) electrons. The van der Waals surface area contributed by atoms with Gasteiger partial charge in [-0.05, 0) is 59.4 Å². The van der Waals surface area contributed by atoms with Crippen molar-refractivity contribution in [3.8, 4) is 0 Å². The van der Waals surface area contributed by atoms with E-state index in [9.17, 15) is 4.79 Å². The van der Waals surface area contributed by atoms with Crippen LogP contribution >= 0.6 is 0 Å². The lowest BCUT2D eigenvalue weighted by atomic mass is 9.91. The van der Waals surface area contributed by atoms with Crippen LogP contribution in [0.5, 0.6) is 0 Å². The third kappa shape index (κ3) is 3.61. The van der Waals surface area contributed by atoms with Gasteiger partial charge in [-0.25, -0.2) is 4.79 Å². The summed E-state index contributed by atoms with van der Waals surface area (Å²) in [4.78, 5) is 14.2. The van der Waals surface area contributed by atoms with Gasteiger partial charge in [-0.2, -0.15) is 0 Å². The molecule has 1 aliphatic carbocycles. The molecule has 1 heterocycles. The van der Waals surface area contributed by atoms with E-state index in [1.54, 1.807) is 0 Å². The number of rotatable bonds is 3. The summed E-state index contributed by atoms with van der Waals surface area (Å²) in [5.41, 5.74) is -0.401. The molecule has 104 valence electrons. The van der Waals surface area contributed by atoms with Crippen LogP contribution in [0.15, 0.2) is 0 Å². The largest absolute Gasteiger partial charge is 0.444 e. The molecule has 0 spiro atoms. The standard InChI is InChI=1S/C14H26N2O2/c1-14(2,3)18-13(17)16(12-7-4-8-12)10-11-6-5-9-15-11/h11-12,15H,4-10H2,1-3H3. The third-order valence-electron chi connectivity index (χ3n) is 3.72. The van der Waals surface area contributed by atoms with E-state index in [1.807, 2.05) is 25.7 Å². The molecule has 4 nitrogen and oxygen atoms in total. The summed E-state index contributed by atoms with van der Waals surface area (Å²) < 4.78 is 5.53. The minimum Gasteiger partial charge on any atom is -0.444 e. The Morgan fingerprint density at radius 3 is 2.44 bits per heavy atom. The van der Waals surface area contributed by atoms with E-state index in [4.69, 9.17) is 4.74 Å². The zero-order valence-electron chi connectivity index (χ0n) is 11.9. The number of carbonyl (C=O) groups excluding carboxylic acids is 1. The van der Waals surface area contributed by atoms with E-state index in [1.165, 1.54) is 19.3 Å². The predicted molar refractivity (Wildman–Crippen MR) is 71.6 cm³/mol. The second kappa shape index (κ2) is 5.47. The van der Waals surface area contributed by atoms with Crippen LogP contribution in [0.1, 0.15) is 52.9 Å². The zero-order chi connectivity index (χ0) is 13.2. The van der Waals surface area contributed by atoms with E-state index in [-0.39, 0.29) is 6.09 Å². The average molecular weight is 254 g/mol. The summed E-state index contributed by atoms with van der Waals surface area (Å²) in [6, 6.07) is 0.861. The molecule has 2 fully saturated rings. The number of nitrogens with zero attached hydrogens (tertiary/aromatic N) is 1. The van der Waals surface area contributed by atoms with E-state index in [0.29, 0.717) is 12.1 Å². The molecule has 1 atom stereocenters. The molecule has 0 aromatic carbocycles. The Morgan fingerprint density at radius 1 is 1.28 bits per heavy atom. The minimum atomic E-state index is -0.401. The van der Waals surface area contributed by atoms with Crippen LogP contribution in [0.3, 0.4) is 0 Å². The van der Waals surface area contributed by atoms with Crippen molar-refractivity contribution in [3.63, 3.8) is 0 Å². The first kappa shape index (κ1) is 13.7. The Morgan fingerprint density at radius 2 is 2.00 bits per heavy atom. The van der Waals surface area contributed by atoms with E-state index in [2.05, 4.69) is 5.32 Å². The maximum absolute atomic E-state index is 12.3. The highest BCUT2D eigenvalue weighted by atomic mass is 16.6. The Hall–Kier alpha value is -0.770. The highest BCUT2D eigenvalue weighted by Crippen LogP contribution is 2.27. The summed E-state index contributed by atoms with van der Waals surface area (Å²) in [5, 5.41) is 3.46. The first-order valence-corrected chi connectivity index (χ1v) is 7.19. The minimum absolute atomic E-state index is 0.138. The lowest BCUT2D eigenvalue weighted by Gasteiger charge is -2.39. The molecule has 1 saturated heterocycles. The molecule has 1 unspecified atom stereocenters. The molecule has 1 amide bonds. The second-order valence-electron chi connectivity index (χ2n) is 6.51. The molecule has 1 N–H and O–H groups in total. The summed E-state index contributed by atoms with van der Waals surface area (Å²) >= 11 is 0.